The van der Waals surface area contributed by atoms with Crippen LogP contribution in [0.15, 0.2) is 66.7 Å². The molecule has 3 aromatic rings. The summed E-state index contributed by atoms with van der Waals surface area (Å²) in [6.45, 7) is 0.447. The van der Waals surface area contributed by atoms with Crippen LogP contribution in [-0.4, -0.2) is 11.9 Å². The minimum atomic E-state index is 0.0226. The van der Waals surface area contributed by atoms with Crippen LogP contribution in [0.25, 0.3) is 10.8 Å². The normalized spacial score (nSPS) is 14.8. The number of carbonyl (C=O) groups excluding carboxylic acids is 1. The molecule has 1 N–H and O–H groups in total. The lowest BCUT2D eigenvalue weighted by molar-refractivity contribution is 0.0927. The first-order valence-electron chi connectivity index (χ1n) is 9.79. The number of ether oxygens (including phenoxy) is 1. The topological polar surface area (TPSA) is 38.3 Å². The van der Waals surface area contributed by atoms with E-state index in [1.54, 1.807) is 0 Å². The number of nitrogens with one attached hydrogen (secondary N) is 1. The summed E-state index contributed by atoms with van der Waals surface area (Å²) in [6, 6.07) is 22.4. The van der Waals surface area contributed by atoms with Crippen molar-refractivity contribution in [2.24, 2.45) is 0 Å². The van der Waals surface area contributed by atoms with E-state index in [1.807, 2.05) is 42.5 Å². The maximum Gasteiger partial charge on any atom is 0.251 e. The molecule has 0 aromatic heterocycles. The van der Waals surface area contributed by atoms with Crippen LogP contribution in [0.3, 0.4) is 0 Å². The molecule has 3 aromatic carbocycles. The van der Waals surface area contributed by atoms with E-state index in [0.29, 0.717) is 18.2 Å². The van der Waals surface area contributed by atoms with Crippen molar-refractivity contribution in [3.05, 3.63) is 77.9 Å². The van der Waals surface area contributed by atoms with Crippen molar-refractivity contribution in [2.45, 2.75) is 44.8 Å². The molecule has 0 bridgehead atoms. The Hall–Kier alpha value is -2.81. The Morgan fingerprint density at radius 2 is 1.70 bits per heavy atom. The lowest BCUT2D eigenvalue weighted by Crippen LogP contribution is -2.36. The second kappa shape index (κ2) is 8.26. The Morgan fingerprint density at radius 1 is 0.889 bits per heavy atom. The van der Waals surface area contributed by atoms with E-state index in [1.165, 1.54) is 24.6 Å². The SMILES string of the molecule is O=C(NC1CCCCC1)c1cccc(COc2ccc3ccccc3c2)c1. The van der Waals surface area contributed by atoms with Crippen LogP contribution in [0.5, 0.6) is 5.75 Å². The van der Waals surface area contributed by atoms with Gasteiger partial charge in [-0.3, -0.25) is 4.79 Å². The molecule has 1 saturated carbocycles. The molecule has 3 nitrogen and oxygen atoms in total. The molecule has 4 rings (SSSR count). The molecule has 0 spiro atoms. The molecule has 0 heterocycles. The van der Waals surface area contributed by atoms with E-state index < -0.39 is 0 Å². The van der Waals surface area contributed by atoms with Crippen molar-refractivity contribution in [1.29, 1.82) is 0 Å². The summed E-state index contributed by atoms with van der Waals surface area (Å²) in [5, 5.41) is 5.54. The van der Waals surface area contributed by atoms with Crippen molar-refractivity contribution < 1.29 is 9.53 Å². The van der Waals surface area contributed by atoms with Crippen molar-refractivity contribution in [1.82, 2.24) is 5.32 Å². The number of hydrogen-bond donors (Lipinski definition) is 1. The molecule has 0 radical (unpaired) electrons. The van der Waals surface area contributed by atoms with Gasteiger partial charge in [-0.15, -0.1) is 0 Å². The molecule has 3 heteroatoms. The van der Waals surface area contributed by atoms with Gasteiger partial charge in [0.2, 0.25) is 0 Å². The molecule has 0 aliphatic heterocycles. The second-order valence-corrected chi connectivity index (χ2v) is 7.31. The summed E-state index contributed by atoms with van der Waals surface area (Å²) in [5.41, 5.74) is 1.71. The van der Waals surface area contributed by atoms with Crippen molar-refractivity contribution in [2.75, 3.05) is 0 Å². The lowest BCUT2D eigenvalue weighted by atomic mass is 9.95. The average Bonchev–Trinajstić information content (AvgIpc) is 2.73. The number of rotatable bonds is 5. The molecule has 1 amide bonds. The van der Waals surface area contributed by atoms with Crippen LogP contribution in [-0.2, 0) is 6.61 Å². The minimum absolute atomic E-state index is 0.0226. The Bertz CT molecular complexity index is 928. The van der Waals surface area contributed by atoms with Gasteiger partial charge in [-0.2, -0.15) is 0 Å². The first-order valence-corrected chi connectivity index (χ1v) is 9.79. The Labute approximate surface area is 160 Å². The van der Waals surface area contributed by atoms with Gasteiger partial charge in [0.15, 0.2) is 0 Å². The Kier molecular flexibility index (Phi) is 5.38. The van der Waals surface area contributed by atoms with Crippen LogP contribution in [0, 0.1) is 0 Å². The predicted octanol–water partition coefficient (Wildman–Crippen LogP) is 5.48. The monoisotopic (exact) mass is 359 g/mol. The van der Waals surface area contributed by atoms with Crippen LogP contribution in [0.4, 0.5) is 0 Å². The highest BCUT2D eigenvalue weighted by atomic mass is 16.5. The summed E-state index contributed by atoms with van der Waals surface area (Å²) in [4.78, 5) is 12.5. The maximum absolute atomic E-state index is 12.5. The zero-order valence-electron chi connectivity index (χ0n) is 15.5. The standard InChI is InChI=1S/C24H25NO2/c26-24(25-22-11-2-1-3-12-22)21-10-6-7-18(15-21)17-27-23-14-13-19-8-4-5-9-20(19)16-23/h4-10,13-16,22H,1-3,11-12,17H2,(H,25,26). The minimum Gasteiger partial charge on any atom is -0.489 e. The van der Waals surface area contributed by atoms with Gasteiger partial charge in [-0.25, -0.2) is 0 Å². The fraction of sp³-hybridized carbons (Fsp3) is 0.292. The van der Waals surface area contributed by atoms with Crippen LogP contribution >= 0.6 is 0 Å². The summed E-state index contributed by atoms with van der Waals surface area (Å²) in [6.07, 6.45) is 5.90. The molecule has 27 heavy (non-hydrogen) atoms. The van der Waals surface area contributed by atoms with Gasteiger partial charge < -0.3 is 10.1 Å². The molecule has 138 valence electrons. The average molecular weight is 359 g/mol. The van der Waals surface area contributed by atoms with Crippen molar-refractivity contribution in [3.63, 3.8) is 0 Å². The third-order valence-corrected chi connectivity index (χ3v) is 5.26. The van der Waals surface area contributed by atoms with Gasteiger partial charge in [0.05, 0.1) is 0 Å². The smallest absolute Gasteiger partial charge is 0.251 e. The van der Waals surface area contributed by atoms with E-state index in [2.05, 4.69) is 29.6 Å². The number of carbonyl (C=O) groups is 1. The fourth-order valence-electron chi connectivity index (χ4n) is 3.74. The Balaban J connectivity index is 1.40. The highest BCUT2D eigenvalue weighted by Gasteiger charge is 2.16. The van der Waals surface area contributed by atoms with Gasteiger partial charge in [-0.05, 0) is 53.4 Å². The van der Waals surface area contributed by atoms with Gasteiger partial charge in [0.1, 0.15) is 12.4 Å². The molecule has 0 unspecified atom stereocenters. The molecule has 1 aliphatic rings. The predicted molar refractivity (Wildman–Crippen MR) is 109 cm³/mol. The first-order chi connectivity index (χ1) is 13.3. The second-order valence-electron chi connectivity index (χ2n) is 7.31. The quantitative estimate of drug-likeness (QED) is 0.655. The summed E-state index contributed by atoms with van der Waals surface area (Å²) in [5.74, 6) is 0.861. The molecule has 1 fully saturated rings. The summed E-state index contributed by atoms with van der Waals surface area (Å²) < 4.78 is 5.95. The molecule has 0 atom stereocenters. The zero-order chi connectivity index (χ0) is 18.5. The number of fused-ring (bicyclic) bond motifs is 1. The highest BCUT2D eigenvalue weighted by Crippen LogP contribution is 2.22. The number of benzene rings is 3. The summed E-state index contributed by atoms with van der Waals surface area (Å²) >= 11 is 0. The van der Waals surface area contributed by atoms with Crippen molar-refractivity contribution >= 4 is 16.7 Å². The van der Waals surface area contributed by atoms with Gasteiger partial charge in [0, 0.05) is 11.6 Å². The van der Waals surface area contributed by atoms with Crippen LogP contribution in [0.1, 0.15) is 48.0 Å². The zero-order valence-corrected chi connectivity index (χ0v) is 15.5. The van der Waals surface area contributed by atoms with E-state index >= 15 is 0 Å². The van der Waals surface area contributed by atoms with Gasteiger partial charge in [-0.1, -0.05) is 61.7 Å². The first kappa shape index (κ1) is 17.6. The molecule has 0 saturated heterocycles. The van der Waals surface area contributed by atoms with E-state index in [4.69, 9.17) is 4.74 Å². The third kappa shape index (κ3) is 4.48. The van der Waals surface area contributed by atoms with Gasteiger partial charge in [0.25, 0.3) is 5.91 Å². The van der Waals surface area contributed by atoms with Crippen molar-refractivity contribution in [3.8, 4) is 5.75 Å². The van der Waals surface area contributed by atoms with E-state index in [0.717, 1.165) is 29.5 Å². The molecule has 1 aliphatic carbocycles. The van der Waals surface area contributed by atoms with Crippen LogP contribution < -0.4 is 10.1 Å². The lowest BCUT2D eigenvalue weighted by Gasteiger charge is -2.22. The van der Waals surface area contributed by atoms with E-state index in [9.17, 15) is 4.79 Å². The highest BCUT2D eigenvalue weighted by molar-refractivity contribution is 5.94. The third-order valence-electron chi connectivity index (χ3n) is 5.26. The summed E-state index contributed by atoms with van der Waals surface area (Å²) in [7, 11) is 0. The van der Waals surface area contributed by atoms with E-state index in [-0.39, 0.29) is 5.91 Å². The molecular weight excluding hydrogens is 334 g/mol. The van der Waals surface area contributed by atoms with Gasteiger partial charge >= 0.3 is 0 Å². The molecular formula is C24H25NO2. The number of hydrogen-bond acceptors (Lipinski definition) is 2. The fourth-order valence-corrected chi connectivity index (χ4v) is 3.74. The Morgan fingerprint density at radius 3 is 2.56 bits per heavy atom. The van der Waals surface area contributed by atoms with Crippen LogP contribution in [0.2, 0.25) is 0 Å². The number of amides is 1. The maximum atomic E-state index is 12.5. The largest absolute Gasteiger partial charge is 0.489 e.